The molecule has 92 valence electrons. The highest BCUT2D eigenvalue weighted by Crippen LogP contribution is 2.29. The van der Waals surface area contributed by atoms with Crippen molar-refractivity contribution >= 4 is 23.3 Å². The van der Waals surface area contributed by atoms with E-state index in [0.29, 0.717) is 11.0 Å². The van der Waals surface area contributed by atoms with Crippen LogP contribution in [0.3, 0.4) is 0 Å². The van der Waals surface area contributed by atoms with E-state index in [-0.39, 0.29) is 11.9 Å². The quantitative estimate of drug-likeness (QED) is 0.861. The standard InChI is InChI=1S/C11H15ClN4O/c1-6-7(2)11(15-14-9(6)12)16-5-3-4-8(16)10(13)17/h8H,3-5H2,1-2H3,(H2,13,17). The van der Waals surface area contributed by atoms with Gasteiger partial charge < -0.3 is 10.6 Å². The maximum absolute atomic E-state index is 11.4. The number of nitrogens with zero attached hydrogens (tertiary/aromatic N) is 3. The van der Waals surface area contributed by atoms with Gasteiger partial charge in [-0.05, 0) is 37.8 Å². The molecule has 0 saturated carbocycles. The highest BCUT2D eigenvalue weighted by atomic mass is 35.5. The lowest BCUT2D eigenvalue weighted by atomic mass is 10.1. The fourth-order valence-electron chi connectivity index (χ4n) is 2.15. The van der Waals surface area contributed by atoms with Crippen LogP contribution in [0.25, 0.3) is 0 Å². The predicted molar refractivity (Wildman–Crippen MR) is 66.1 cm³/mol. The van der Waals surface area contributed by atoms with Crippen LogP contribution in [0.5, 0.6) is 0 Å². The summed E-state index contributed by atoms with van der Waals surface area (Å²) in [4.78, 5) is 13.3. The molecule has 0 aromatic carbocycles. The van der Waals surface area contributed by atoms with E-state index in [4.69, 9.17) is 17.3 Å². The summed E-state index contributed by atoms with van der Waals surface area (Å²) in [5.74, 6) is 0.407. The zero-order valence-electron chi connectivity index (χ0n) is 9.90. The van der Waals surface area contributed by atoms with Gasteiger partial charge in [0.25, 0.3) is 0 Å². The molecule has 1 fully saturated rings. The predicted octanol–water partition coefficient (Wildman–Crippen LogP) is 1.20. The van der Waals surface area contributed by atoms with Crippen molar-refractivity contribution in [3.63, 3.8) is 0 Å². The van der Waals surface area contributed by atoms with Crippen LogP contribution in [0.15, 0.2) is 0 Å². The van der Waals surface area contributed by atoms with Crippen molar-refractivity contribution in [2.45, 2.75) is 32.7 Å². The zero-order chi connectivity index (χ0) is 12.6. The van der Waals surface area contributed by atoms with Crippen molar-refractivity contribution in [1.29, 1.82) is 0 Å². The molecule has 1 atom stereocenters. The van der Waals surface area contributed by atoms with Crippen LogP contribution < -0.4 is 10.6 Å². The monoisotopic (exact) mass is 254 g/mol. The van der Waals surface area contributed by atoms with Gasteiger partial charge in [-0.25, -0.2) is 0 Å². The summed E-state index contributed by atoms with van der Waals surface area (Å²) in [7, 11) is 0. The molecule has 0 spiro atoms. The van der Waals surface area contributed by atoms with E-state index in [2.05, 4.69) is 10.2 Å². The molecule has 1 aliphatic rings. The molecule has 1 saturated heterocycles. The van der Waals surface area contributed by atoms with E-state index in [1.165, 1.54) is 0 Å². The lowest BCUT2D eigenvalue weighted by Gasteiger charge is -2.24. The molecule has 2 heterocycles. The Bertz CT molecular complexity index is 463. The Kier molecular flexibility index (Phi) is 3.19. The van der Waals surface area contributed by atoms with Gasteiger partial charge in [0, 0.05) is 6.54 Å². The van der Waals surface area contributed by atoms with Crippen molar-refractivity contribution in [1.82, 2.24) is 10.2 Å². The molecular formula is C11H15ClN4O. The number of halogens is 1. The number of nitrogens with two attached hydrogens (primary N) is 1. The number of amides is 1. The van der Waals surface area contributed by atoms with Gasteiger partial charge >= 0.3 is 0 Å². The Balaban J connectivity index is 2.40. The van der Waals surface area contributed by atoms with E-state index in [1.807, 2.05) is 18.7 Å². The number of primary amides is 1. The number of hydrogen-bond acceptors (Lipinski definition) is 4. The average molecular weight is 255 g/mol. The molecule has 1 amide bonds. The Labute approximate surface area is 105 Å². The second-order valence-electron chi connectivity index (χ2n) is 4.32. The van der Waals surface area contributed by atoms with Gasteiger partial charge in [0.1, 0.15) is 6.04 Å². The summed E-state index contributed by atoms with van der Waals surface area (Å²) >= 11 is 5.91. The Morgan fingerprint density at radius 3 is 2.76 bits per heavy atom. The minimum absolute atomic E-state index is 0.274. The molecule has 2 rings (SSSR count). The molecule has 1 aromatic heterocycles. The third kappa shape index (κ3) is 2.07. The zero-order valence-corrected chi connectivity index (χ0v) is 10.7. The van der Waals surface area contributed by atoms with Crippen LogP contribution in [0, 0.1) is 13.8 Å². The maximum Gasteiger partial charge on any atom is 0.240 e. The van der Waals surface area contributed by atoms with Crippen LogP contribution in [0.4, 0.5) is 5.82 Å². The third-order valence-electron chi connectivity index (χ3n) is 3.29. The second kappa shape index (κ2) is 4.49. The Morgan fingerprint density at radius 1 is 1.41 bits per heavy atom. The van der Waals surface area contributed by atoms with Gasteiger partial charge in [0.15, 0.2) is 11.0 Å². The summed E-state index contributed by atoms with van der Waals surface area (Å²) in [5.41, 5.74) is 7.24. The molecule has 1 unspecified atom stereocenters. The van der Waals surface area contributed by atoms with E-state index in [0.717, 1.165) is 30.5 Å². The molecule has 5 nitrogen and oxygen atoms in total. The van der Waals surface area contributed by atoms with E-state index in [9.17, 15) is 4.79 Å². The first-order chi connectivity index (χ1) is 8.02. The van der Waals surface area contributed by atoms with Crippen molar-refractivity contribution in [2.75, 3.05) is 11.4 Å². The molecule has 2 N–H and O–H groups in total. The van der Waals surface area contributed by atoms with Gasteiger partial charge in [-0.1, -0.05) is 11.6 Å². The van der Waals surface area contributed by atoms with Crippen LogP contribution >= 0.6 is 11.6 Å². The molecule has 1 aliphatic heterocycles. The summed E-state index contributed by atoms with van der Waals surface area (Å²) in [6, 6.07) is -0.274. The van der Waals surface area contributed by atoms with E-state index < -0.39 is 0 Å². The highest BCUT2D eigenvalue weighted by Gasteiger charge is 2.31. The number of aromatic nitrogens is 2. The van der Waals surface area contributed by atoms with Gasteiger partial charge in [0.05, 0.1) is 0 Å². The summed E-state index contributed by atoms with van der Waals surface area (Å²) in [6.45, 7) is 4.61. The lowest BCUT2D eigenvalue weighted by molar-refractivity contribution is -0.119. The number of hydrogen-bond donors (Lipinski definition) is 1. The summed E-state index contributed by atoms with van der Waals surface area (Å²) in [6.07, 6.45) is 1.72. The van der Waals surface area contributed by atoms with Crippen molar-refractivity contribution in [3.05, 3.63) is 16.3 Å². The second-order valence-corrected chi connectivity index (χ2v) is 4.68. The average Bonchev–Trinajstić information content (AvgIpc) is 2.75. The van der Waals surface area contributed by atoms with Crippen LogP contribution in [-0.2, 0) is 4.79 Å². The summed E-state index contributed by atoms with van der Waals surface area (Å²) in [5, 5.41) is 8.39. The Morgan fingerprint density at radius 2 is 2.12 bits per heavy atom. The molecule has 0 aliphatic carbocycles. The fourth-order valence-corrected chi connectivity index (χ4v) is 2.33. The van der Waals surface area contributed by atoms with Crippen molar-refractivity contribution in [2.24, 2.45) is 5.73 Å². The summed E-state index contributed by atoms with van der Waals surface area (Å²) < 4.78 is 0. The first kappa shape index (κ1) is 12.1. The molecule has 17 heavy (non-hydrogen) atoms. The van der Waals surface area contributed by atoms with Crippen LogP contribution in [0.2, 0.25) is 5.15 Å². The smallest absolute Gasteiger partial charge is 0.240 e. The van der Waals surface area contributed by atoms with Gasteiger partial charge in [-0.3, -0.25) is 4.79 Å². The normalized spacial score (nSPS) is 19.7. The molecule has 0 bridgehead atoms. The highest BCUT2D eigenvalue weighted by molar-refractivity contribution is 6.30. The fraction of sp³-hybridized carbons (Fsp3) is 0.545. The Hall–Kier alpha value is -1.36. The van der Waals surface area contributed by atoms with Gasteiger partial charge in [-0.2, -0.15) is 0 Å². The van der Waals surface area contributed by atoms with Crippen molar-refractivity contribution in [3.8, 4) is 0 Å². The van der Waals surface area contributed by atoms with Crippen molar-refractivity contribution < 1.29 is 4.79 Å². The molecular weight excluding hydrogens is 240 g/mol. The molecule has 1 aromatic rings. The first-order valence-corrected chi connectivity index (χ1v) is 5.95. The lowest BCUT2D eigenvalue weighted by Crippen LogP contribution is -2.41. The maximum atomic E-state index is 11.4. The van der Waals surface area contributed by atoms with E-state index >= 15 is 0 Å². The molecule has 0 radical (unpaired) electrons. The first-order valence-electron chi connectivity index (χ1n) is 5.57. The largest absolute Gasteiger partial charge is 0.368 e. The number of carbonyl (C=O) groups is 1. The number of carbonyl (C=O) groups excluding carboxylic acids is 1. The topological polar surface area (TPSA) is 72.1 Å². The van der Waals surface area contributed by atoms with Crippen LogP contribution in [0.1, 0.15) is 24.0 Å². The minimum Gasteiger partial charge on any atom is -0.368 e. The SMILES string of the molecule is Cc1c(Cl)nnc(N2CCCC2C(N)=O)c1C. The minimum atomic E-state index is -0.309. The third-order valence-corrected chi connectivity index (χ3v) is 3.65. The number of rotatable bonds is 2. The van der Waals surface area contributed by atoms with Gasteiger partial charge in [-0.15, -0.1) is 10.2 Å². The van der Waals surface area contributed by atoms with E-state index in [1.54, 1.807) is 0 Å². The van der Waals surface area contributed by atoms with Gasteiger partial charge in [0.2, 0.25) is 5.91 Å². The molecule has 6 heteroatoms. The van der Waals surface area contributed by atoms with Crippen LogP contribution in [-0.4, -0.2) is 28.7 Å². The number of anilines is 1.